The molecule has 18 heavy (non-hydrogen) atoms. The third-order valence-electron chi connectivity index (χ3n) is 3.63. The van der Waals surface area contributed by atoms with Crippen molar-refractivity contribution in [1.82, 2.24) is 4.98 Å². The molecular formula is C14H20FNO2. The summed E-state index contributed by atoms with van der Waals surface area (Å²) in [6, 6.07) is 1.27. The van der Waals surface area contributed by atoms with Crippen molar-refractivity contribution in [3.63, 3.8) is 0 Å². The molecule has 0 aliphatic heterocycles. The molecule has 1 saturated carbocycles. The van der Waals surface area contributed by atoms with Gasteiger partial charge in [-0.25, -0.2) is 9.37 Å². The van der Waals surface area contributed by atoms with Gasteiger partial charge >= 0.3 is 0 Å². The Hall–Kier alpha value is -1.16. The lowest BCUT2D eigenvalue weighted by molar-refractivity contribution is 0.0922. The summed E-state index contributed by atoms with van der Waals surface area (Å²) in [6.07, 6.45) is 5.46. The monoisotopic (exact) mass is 253 g/mol. The Labute approximate surface area is 107 Å². The molecule has 0 saturated heterocycles. The van der Waals surface area contributed by atoms with Crippen LogP contribution in [0.15, 0.2) is 12.3 Å². The maximum Gasteiger partial charge on any atom is 0.219 e. The van der Waals surface area contributed by atoms with Gasteiger partial charge in [-0.1, -0.05) is 13.8 Å². The fourth-order valence-corrected chi connectivity index (χ4v) is 2.34. The molecule has 0 radical (unpaired) electrons. The minimum Gasteiger partial charge on any atom is -0.474 e. The molecule has 1 N–H and O–H groups in total. The van der Waals surface area contributed by atoms with Gasteiger partial charge in [-0.15, -0.1) is 0 Å². The Morgan fingerprint density at radius 1 is 1.44 bits per heavy atom. The smallest absolute Gasteiger partial charge is 0.219 e. The van der Waals surface area contributed by atoms with E-state index in [1.54, 1.807) is 0 Å². The summed E-state index contributed by atoms with van der Waals surface area (Å²) < 4.78 is 18.8. The number of pyridine rings is 1. The average molecular weight is 253 g/mol. The largest absolute Gasteiger partial charge is 0.474 e. The molecule has 1 fully saturated rings. The molecule has 0 unspecified atom stereocenters. The van der Waals surface area contributed by atoms with E-state index < -0.39 is 5.82 Å². The number of aliphatic hydroxyl groups is 1. The average Bonchev–Trinajstić information content (AvgIpc) is 2.34. The zero-order valence-corrected chi connectivity index (χ0v) is 10.9. The fourth-order valence-electron chi connectivity index (χ4n) is 2.34. The van der Waals surface area contributed by atoms with E-state index in [4.69, 9.17) is 9.84 Å². The normalized spacial score (nSPS) is 19.8. The van der Waals surface area contributed by atoms with E-state index in [2.05, 4.69) is 18.8 Å². The third-order valence-corrected chi connectivity index (χ3v) is 3.63. The molecule has 1 aromatic rings. The van der Waals surface area contributed by atoms with Crippen molar-refractivity contribution in [3.8, 4) is 5.88 Å². The Morgan fingerprint density at radius 3 is 2.72 bits per heavy atom. The van der Waals surface area contributed by atoms with E-state index >= 15 is 0 Å². The molecule has 1 aliphatic rings. The number of aliphatic hydroxyl groups excluding tert-OH is 1. The van der Waals surface area contributed by atoms with Crippen molar-refractivity contribution >= 4 is 0 Å². The molecule has 3 nitrogen and oxygen atoms in total. The quantitative estimate of drug-likeness (QED) is 0.900. The van der Waals surface area contributed by atoms with Crippen LogP contribution in [-0.2, 0) is 6.61 Å². The van der Waals surface area contributed by atoms with Crippen LogP contribution in [0, 0.1) is 11.2 Å². The van der Waals surface area contributed by atoms with Crippen LogP contribution in [-0.4, -0.2) is 16.2 Å². The van der Waals surface area contributed by atoms with Crippen molar-refractivity contribution in [2.24, 2.45) is 5.41 Å². The molecule has 1 aromatic heterocycles. The van der Waals surface area contributed by atoms with Crippen LogP contribution in [0.4, 0.5) is 4.39 Å². The molecule has 1 heterocycles. The molecule has 0 spiro atoms. The second-order valence-corrected chi connectivity index (χ2v) is 5.76. The van der Waals surface area contributed by atoms with Crippen LogP contribution in [0.5, 0.6) is 5.88 Å². The van der Waals surface area contributed by atoms with E-state index in [1.165, 1.54) is 6.07 Å². The van der Waals surface area contributed by atoms with Gasteiger partial charge in [-0.2, -0.15) is 0 Å². The maximum absolute atomic E-state index is 13.0. The van der Waals surface area contributed by atoms with Crippen LogP contribution in [0.1, 0.15) is 45.1 Å². The summed E-state index contributed by atoms with van der Waals surface area (Å²) in [4.78, 5) is 3.92. The predicted octanol–water partition coefficient (Wildman–Crippen LogP) is 3.06. The molecule has 100 valence electrons. The van der Waals surface area contributed by atoms with E-state index in [1.807, 2.05) is 0 Å². The summed E-state index contributed by atoms with van der Waals surface area (Å²) in [5.41, 5.74) is 0.801. The summed E-state index contributed by atoms with van der Waals surface area (Å²) in [5, 5.41) is 9.17. The van der Waals surface area contributed by atoms with E-state index in [0.29, 0.717) is 16.9 Å². The lowest BCUT2D eigenvalue weighted by Crippen LogP contribution is -2.28. The summed E-state index contributed by atoms with van der Waals surface area (Å²) in [6.45, 7) is 4.27. The molecular weight excluding hydrogens is 233 g/mol. The SMILES string of the molecule is CC1(C)CCC(Oc2ncc(F)cc2CO)CC1. The molecule has 0 aromatic carbocycles. The fraction of sp³-hybridized carbons (Fsp3) is 0.643. The first-order valence-electron chi connectivity index (χ1n) is 6.42. The van der Waals surface area contributed by atoms with Gasteiger partial charge in [0, 0.05) is 5.56 Å². The predicted molar refractivity (Wildman–Crippen MR) is 66.8 cm³/mol. The molecule has 1 aliphatic carbocycles. The number of nitrogens with zero attached hydrogens (tertiary/aromatic N) is 1. The van der Waals surface area contributed by atoms with Gasteiger partial charge in [-0.05, 0) is 37.2 Å². The van der Waals surface area contributed by atoms with Crippen LogP contribution in [0.3, 0.4) is 0 Å². The molecule has 0 atom stereocenters. The van der Waals surface area contributed by atoms with Gasteiger partial charge in [0.15, 0.2) is 0 Å². The summed E-state index contributed by atoms with van der Waals surface area (Å²) >= 11 is 0. The van der Waals surface area contributed by atoms with Crippen LogP contribution >= 0.6 is 0 Å². The lowest BCUT2D eigenvalue weighted by Gasteiger charge is -2.34. The first kappa shape index (κ1) is 13.3. The van der Waals surface area contributed by atoms with Crippen molar-refractivity contribution < 1.29 is 14.2 Å². The van der Waals surface area contributed by atoms with Gasteiger partial charge in [0.05, 0.1) is 12.8 Å². The Morgan fingerprint density at radius 2 is 2.11 bits per heavy atom. The van der Waals surface area contributed by atoms with Crippen molar-refractivity contribution in [2.75, 3.05) is 0 Å². The second-order valence-electron chi connectivity index (χ2n) is 5.76. The topological polar surface area (TPSA) is 42.4 Å². The van der Waals surface area contributed by atoms with Crippen molar-refractivity contribution in [2.45, 2.75) is 52.2 Å². The first-order chi connectivity index (χ1) is 8.50. The van der Waals surface area contributed by atoms with E-state index in [9.17, 15) is 4.39 Å². The highest BCUT2D eigenvalue weighted by Crippen LogP contribution is 2.36. The molecule has 0 bridgehead atoms. The highest BCUT2D eigenvalue weighted by molar-refractivity contribution is 5.25. The van der Waals surface area contributed by atoms with Crippen molar-refractivity contribution in [3.05, 3.63) is 23.6 Å². The number of aromatic nitrogens is 1. The van der Waals surface area contributed by atoms with E-state index in [-0.39, 0.29) is 12.7 Å². The van der Waals surface area contributed by atoms with Crippen LogP contribution < -0.4 is 4.74 Å². The summed E-state index contributed by atoms with van der Waals surface area (Å²) in [5.74, 6) is -0.0835. The minimum atomic E-state index is -0.448. The Balaban J connectivity index is 2.02. The Bertz CT molecular complexity index is 410. The van der Waals surface area contributed by atoms with Crippen molar-refractivity contribution in [1.29, 1.82) is 0 Å². The van der Waals surface area contributed by atoms with Gasteiger partial charge in [0.2, 0.25) is 5.88 Å². The minimum absolute atomic E-state index is 0.126. The zero-order chi connectivity index (χ0) is 13.2. The Kier molecular flexibility index (Phi) is 3.85. The van der Waals surface area contributed by atoms with Gasteiger partial charge in [0.25, 0.3) is 0 Å². The number of ether oxygens (including phenoxy) is 1. The maximum atomic E-state index is 13.0. The van der Waals surface area contributed by atoms with Gasteiger partial charge in [0.1, 0.15) is 11.9 Å². The van der Waals surface area contributed by atoms with E-state index in [0.717, 1.165) is 31.9 Å². The second kappa shape index (κ2) is 5.22. The first-order valence-corrected chi connectivity index (χ1v) is 6.42. The van der Waals surface area contributed by atoms with Gasteiger partial charge < -0.3 is 9.84 Å². The number of hydrogen-bond acceptors (Lipinski definition) is 3. The summed E-state index contributed by atoms with van der Waals surface area (Å²) in [7, 11) is 0. The highest BCUT2D eigenvalue weighted by Gasteiger charge is 2.28. The lowest BCUT2D eigenvalue weighted by atomic mass is 9.76. The number of halogens is 1. The van der Waals surface area contributed by atoms with Crippen LogP contribution in [0.2, 0.25) is 0 Å². The van der Waals surface area contributed by atoms with Gasteiger partial charge in [-0.3, -0.25) is 0 Å². The zero-order valence-electron chi connectivity index (χ0n) is 10.9. The third kappa shape index (κ3) is 3.19. The number of rotatable bonds is 3. The van der Waals surface area contributed by atoms with Crippen LogP contribution in [0.25, 0.3) is 0 Å². The number of hydrogen-bond donors (Lipinski definition) is 1. The molecule has 4 heteroatoms. The highest BCUT2D eigenvalue weighted by atomic mass is 19.1. The standard InChI is InChI=1S/C14H20FNO2/c1-14(2)5-3-12(4-6-14)18-13-10(9-17)7-11(15)8-16-13/h7-8,12,17H,3-6,9H2,1-2H3. The molecule has 0 amide bonds. The molecule has 2 rings (SSSR count).